The Morgan fingerprint density at radius 2 is 1.86 bits per heavy atom. The number of piperidine rings is 1. The van der Waals surface area contributed by atoms with Crippen LogP contribution in [-0.2, 0) is 10.0 Å². The fourth-order valence-electron chi connectivity index (χ4n) is 3.71. The average Bonchev–Trinajstić information content (AvgIpc) is 2.36. The molecular formula is C17H26FNO2S. The molecule has 1 unspecified atom stereocenters. The molecule has 0 N–H and O–H groups in total. The Morgan fingerprint density at radius 1 is 1.23 bits per heavy atom. The van der Waals surface area contributed by atoms with Gasteiger partial charge in [0.2, 0.25) is 10.0 Å². The van der Waals surface area contributed by atoms with E-state index in [4.69, 9.17) is 0 Å². The highest BCUT2D eigenvalue weighted by atomic mass is 32.2. The minimum Gasteiger partial charge on any atom is -0.207 e. The third kappa shape index (κ3) is 3.20. The lowest BCUT2D eigenvalue weighted by molar-refractivity contribution is 0.0607. The second-order valence-corrected chi connectivity index (χ2v) is 9.54. The first-order valence-corrected chi connectivity index (χ1v) is 9.20. The van der Waals surface area contributed by atoms with Crippen LogP contribution >= 0.6 is 0 Å². The van der Waals surface area contributed by atoms with Gasteiger partial charge < -0.3 is 0 Å². The molecule has 1 fully saturated rings. The standard InChI is InChI=1S/C17H26FNO2S/c1-6-17(5)10-16(3,4)11-19(12-17)22(20,21)15-13(2)8-7-9-14(15)18/h7-9H,6,10-12H2,1-5H3. The summed E-state index contributed by atoms with van der Waals surface area (Å²) < 4.78 is 41.7. The van der Waals surface area contributed by atoms with Crippen LogP contribution in [0.2, 0.25) is 0 Å². The summed E-state index contributed by atoms with van der Waals surface area (Å²) in [6.07, 6.45) is 1.87. The Hall–Kier alpha value is -0.940. The van der Waals surface area contributed by atoms with Gasteiger partial charge in [-0.1, -0.05) is 39.8 Å². The van der Waals surface area contributed by atoms with E-state index in [1.807, 2.05) is 0 Å². The van der Waals surface area contributed by atoms with Crippen molar-refractivity contribution in [3.8, 4) is 0 Å². The molecule has 5 heteroatoms. The number of aryl methyl sites for hydroxylation is 1. The van der Waals surface area contributed by atoms with Crippen LogP contribution in [-0.4, -0.2) is 25.8 Å². The second-order valence-electron chi connectivity index (χ2n) is 7.66. The number of hydrogen-bond donors (Lipinski definition) is 0. The SMILES string of the molecule is CCC1(C)CN(S(=O)(=O)c2c(C)cccc2F)CC(C)(C)C1. The molecule has 124 valence electrons. The summed E-state index contributed by atoms with van der Waals surface area (Å²) in [5.41, 5.74) is 0.269. The number of sulfonamides is 1. The quantitative estimate of drug-likeness (QED) is 0.842. The lowest BCUT2D eigenvalue weighted by atomic mass is 9.69. The Kier molecular flexibility index (Phi) is 4.44. The van der Waals surface area contributed by atoms with Crippen LogP contribution in [0.15, 0.2) is 23.1 Å². The molecule has 0 amide bonds. The Morgan fingerprint density at radius 3 is 2.41 bits per heavy atom. The van der Waals surface area contributed by atoms with Crippen LogP contribution < -0.4 is 0 Å². The molecule has 0 aliphatic carbocycles. The Labute approximate surface area is 133 Å². The van der Waals surface area contributed by atoms with Crippen LogP contribution in [0, 0.1) is 23.6 Å². The van der Waals surface area contributed by atoms with Gasteiger partial charge in [-0.05, 0) is 42.2 Å². The van der Waals surface area contributed by atoms with Gasteiger partial charge >= 0.3 is 0 Å². The fourth-order valence-corrected chi connectivity index (χ4v) is 5.75. The smallest absolute Gasteiger partial charge is 0.207 e. The van der Waals surface area contributed by atoms with Gasteiger partial charge in [0.25, 0.3) is 0 Å². The second kappa shape index (κ2) is 5.60. The molecule has 0 aromatic heterocycles. The van der Waals surface area contributed by atoms with E-state index in [2.05, 4.69) is 27.7 Å². The minimum atomic E-state index is -3.82. The fraction of sp³-hybridized carbons (Fsp3) is 0.647. The molecule has 1 heterocycles. The van der Waals surface area contributed by atoms with E-state index in [-0.39, 0.29) is 15.7 Å². The van der Waals surface area contributed by atoms with Crippen LogP contribution in [0.5, 0.6) is 0 Å². The number of benzene rings is 1. The minimum absolute atomic E-state index is 0.0754. The third-order valence-corrected chi connectivity index (χ3v) is 6.65. The third-order valence-electron chi connectivity index (χ3n) is 4.68. The zero-order chi connectivity index (χ0) is 16.8. The predicted octanol–water partition coefficient (Wildman–Crippen LogP) is 3.97. The van der Waals surface area contributed by atoms with E-state index in [1.54, 1.807) is 19.1 Å². The molecule has 2 rings (SSSR count). The van der Waals surface area contributed by atoms with Crippen LogP contribution in [0.3, 0.4) is 0 Å². The summed E-state index contributed by atoms with van der Waals surface area (Å²) in [7, 11) is -3.82. The molecule has 22 heavy (non-hydrogen) atoms. The van der Waals surface area contributed by atoms with Crippen molar-refractivity contribution in [2.75, 3.05) is 13.1 Å². The van der Waals surface area contributed by atoms with Gasteiger partial charge in [-0.2, -0.15) is 4.31 Å². The molecule has 0 saturated carbocycles. The van der Waals surface area contributed by atoms with Crippen molar-refractivity contribution in [2.45, 2.75) is 52.4 Å². The van der Waals surface area contributed by atoms with E-state index in [1.165, 1.54) is 10.4 Å². The van der Waals surface area contributed by atoms with Crippen molar-refractivity contribution < 1.29 is 12.8 Å². The first-order chi connectivity index (χ1) is 10.0. The predicted molar refractivity (Wildman–Crippen MR) is 86.7 cm³/mol. The lowest BCUT2D eigenvalue weighted by Gasteiger charge is -2.47. The molecule has 0 radical (unpaired) electrons. The van der Waals surface area contributed by atoms with Crippen LogP contribution in [0.1, 0.15) is 46.1 Å². The number of hydrogen-bond acceptors (Lipinski definition) is 2. The molecule has 3 nitrogen and oxygen atoms in total. The normalized spacial score (nSPS) is 26.1. The number of nitrogens with zero attached hydrogens (tertiary/aromatic N) is 1. The topological polar surface area (TPSA) is 37.4 Å². The van der Waals surface area contributed by atoms with Crippen molar-refractivity contribution in [3.05, 3.63) is 29.6 Å². The van der Waals surface area contributed by atoms with E-state index in [0.717, 1.165) is 12.8 Å². The van der Waals surface area contributed by atoms with Gasteiger partial charge in [-0.15, -0.1) is 0 Å². The van der Waals surface area contributed by atoms with Crippen molar-refractivity contribution in [3.63, 3.8) is 0 Å². The highest BCUT2D eigenvalue weighted by Crippen LogP contribution is 2.44. The van der Waals surface area contributed by atoms with Crippen molar-refractivity contribution in [1.82, 2.24) is 4.31 Å². The number of halogens is 1. The monoisotopic (exact) mass is 327 g/mol. The number of rotatable bonds is 3. The molecular weight excluding hydrogens is 301 g/mol. The van der Waals surface area contributed by atoms with Crippen LogP contribution in [0.25, 0.3) is 0 Å². The van der Waals surface area contributed by atoms with Gasteiger partial charge in [0.1, 0.15) is 10.7 Å². The molecule has 0 bridgehead atoms. The summed E-state index contributed by atoms with van der Waals surface area (Å²) in [6.45, 7) is 10.9. The maximum Gasteiger partial charge on any atom is 0.246 e. The van der Waals surface area contributed by atoms with Gasteiger partial charge in [-0.25, -0.2) is 12.8 Å². The maximum atomic E-state index is 14.2. The van der Waals surface area contributed by atoms with Gasteiger partial charge in [0, 0.05) is 13.1 Å². The van der Waals surface area contributed by atoms with Crippen LogP contribution in [0.4, 0.5) is 4.39 Å². The summed E-state index contributed by atoms with van der Waals surface area (Å²) >= 11 is 0. The van der Waals surface area contributed by atoms with E-state index in [9.17, 15) is 12.8 Å². The molecule has 1 atom stereocenters. The highest BCUT2D eigenvalue weighted by Gasteiger charge is 2.44. The van der Waals surface area contributed by atoms with Gasteiger partial charge in [-0.3, -0.25) is 0 Å². The van der Waals surface area contributed by atoms with Gasteiger partial charge in [0.05, 0.1) is 0 Å². The average molecular weight is 327 g/mol. The zero-order valence-corrected chi connectivity index (χ0v) is 14.9. The van der Waals surface area contributed by atoms with Crippen molar-refractivity contribution in [1.29, 1.82) is 0 Å². The Bertz CT molecular complexity index is 649. The zero-order valence-electron chi connectivity index (χ0n) is 14.1. The molecule has 1 saturated heterocycles. The first-order valence-electron chi connectivity index (χ1n) is 7.76. The molecule has 1 aromatic rings. The van der Waals surface area contributed by atoms with Gasteiger partial charge in [0.15, 0.2) is 0 Å². The van der Waals surface area contributed by atoms with E-state index < -0.39 is 15.8 Å². The van der Waals surface area contributed by atoms with Crippen molar-refractivity contribution in [2.24, 2.45) is 10.8 Å². The Balaban J connectivity index is 2.49. The van der Waals surface area contributed by atoms with E-state index in [0.29, 0.717) is 18.7 Å². The van der Waals surface area contributed by atoms with E-state index >= 15 is 0 Å². The molecule has 1 aliphatic rings. The molecule has 1 aromatic carbocycles. The maximum absolute atomic E-state index is 14.2. The highest BCUT2D eigenvalue weighted by molar-refractivity contribution is 7.89. The summed E-state index contributed by atoms with van der Waals surface area (Å²) in [6, 6.07) is 4.40. The summed E-state index contributed by atoms with van der Waals surface area (Å²) in [5.74, 6) is -0.665. The largest absolute Gasteiger partial charge is 0.246 e. The summed E-state index contributed by atoms with van der Waals surface area (Å²) in [5, 5.41) is 0. The molecule has 0 spiro atoms. The molecule has 1 aliphatic heterocycles. The lowest BCUT2D eigenvalue weighted by Crippen LogP contribution is -2.51. The summed E-state index contributed by atoms with van der Waals surface area (Å²) in [4.78, 5) is -0.175. The van der Waals surface area contributed by atoms with Crippen molar-refractivity contribution >= 4 is 10.0 Å². The first kappa shape index (κ1) is 17.4.